The number of carbonyl (C=O) groups is 5. The van der Waals surface area contributed by atoms with Crippen LogP contribution in [-0.2, 0) is 38.1 Å². The largest absolute Gasteiger partial charge is 0.466 e. The molecule has 0 aliphatic carbocycles. The van der Waals surface area contributed by atoms with Gasteiger partial charge < -0.3 is 34.1 Å². The molecule has 182 valence electrons. The molecule has 1 fully saturated rings. The Morgan fingerprint density at radius 1 is 0.848 bits per heavy atom. The molecule has 12 nitrogen and oxygen atoms in total. The number of hydrogen-bond donors (Lipinski definition) is 1. The number of esters is 3. The highest BCUT2D eigenvalue weighted by molar-refractivity contribution is 6.05. The summed E-state index contributed by atoms with van der Waals surface area (Å²) in [4.78, 5) is 65.0. The maximum Gasteiger partial charge on any atom is 0.409 e. The molecule has 0 radical (unpaired) electrons. The lowest BCUT2D eigenvalue weighted by Crippen LogP contribution is -2.51. The summed E-state index contributed by atoms with van der Waals surface area (Å²) in [6, 6.07) is 0. The molecule has 2 amide bonds. The molecule has 1 saturated heterocycles. The average Bonchev–Trinajstić information content (AvgIpc) is 2.81. The molecular weight excluding hydrogens is 438 g/mol. The number of amides is 2. The zero-order chi connectivity index (χ0) is 24.7. The molecule has 2 aliphatic heterocycles. The van der Waals surface area contributed by atoms with Crippen LogP contribution in [0.5, 0.6) is 0 Å². The van der Waals surface area contributed by atoms with Crippen molar-refractivity contribution in [3.05, 3.63) is 22.5 Å². The Hall–Kier alpha value is -3.57. The van der Waals surface area contributed by atoms with Gasteiger partial charge in [0.2, 0.25) is 0 Å². The number of nitrogens with zero attached hydrogens (tertiary/aromatic N) is 2. The minimum Gasteiger partial charge on any atom is -0.466 e. The summed E-state index contributed by atoms with van der Waals surface area (Å²) in [6.45, 7) is 5.56. The topological polar surface area (TPSA) is 141 Å². The van der Waals surface area contributed by atoms with Crippen molar-refractivity contribution in [1.82, 2.24) is 15.1 Å². The Morgan fingerprint density at radius 2 is 1.33 bits per heavy atom. The number of nitrogens with one attached hydrogen (secondary N) is 1. The van der Waals surface area contributed by atoms with Crippen LogP contribution in [0, 0.1) is 5.92 Å². The van der Waals surface area contributed by atoms with Gasteiger partial charge in [0.25, 0.3) is 5.91 Å². The van der Waals surface area contributed by atoms with Crippen LogP contribution in [0.2, 0.25) is 0 Å². The number of methoxy groups -OCH3 is 2. The van der Waals surface area contributed by atoms with Crippen LogP contribution >= 0.6 is 0 Å². The Labute approximate surface area is 191 Å². The molecule has 0 atom stereocenters. The van der Waals surface area contributed by atoms with Gasteiger partial charge in [-0.3, -0.25) is 9.59 Å². The molecular formula is C21H29N3O9. The monoisotopic (exact) mass is 467 g/mol. The fraction of sp³-hybridized carbons (Fsp3) is 0.571. The molecule has 1 N–H and O–H groups in total. The fourth-order valence-electron chi connectivity index (χ4n) is 3.65. The predicted molar refractivity (Wildman–Crippen MR) is 112 cm³/mol. The minimum absolute atomic E-state index is 0.107. The second-order valence-corrected chi connectivity index (χ2v) is 7.29. The fourth-order valence-corrected chi connectivity index (χ4v) is 3.65. The predicted octanol–water partition coefficient (Wildman–Crippen LogP) is -0.0563. The van der Waals surface area contributed by atoms with E-state index in [2.05, 4.69) is 5.32 Å². The normalized spacial score (nSPS) is 16.8. The number of ether oxygens (including phenoxy) is 4. The molecule has 0 aromatic carbocycles. The third kappa shape index (κ3) is 5.82. The molecule has 0 spiro atoms. The van der Waals surface area contributed by atoms with E-state index in [0.29, 0.717) is 11.4 Å². The second kappa shape index (κ2) is 11.3. The lowest BCUT2D eigenvalue weighted by Gasteiger charge is -2.34. The van der Waals surface area contributed by atoms with Crippen molar-refractivity contribution in [3.8, 4) is 0 Å². The van der Waals surface area contributed by atoms with Crippen molar-refractivity contribution < 1.29 is 42.9 Å². The minimum atomic E-state index is -1.42. The molecule has 0 unspecified atom stereocenters. The number of rotatable bonds is 6. The number of carbonyl (C=O) groups excluding carboxylic acids is 5. The Morgan fingerprint density at radius 3 is 1.79 bits per heavy atom. The van der Waals surface area contributed by atoms with E-state index in [1.54, 1.807) is 20.8 Å². The summed E-state index contributed by atoms with van der Waals surface area (Å²) in [7, 11) is 2.29. The van der Waals surface area contributed by atoms with E-state index >= 15 is 0 Å². The molecule has 0 aromatic rings. The van der Waals surface area contributed by atoms with Gasteiger partial charge in [0.1, 0.15) is 5.92 Å². The van der Waals surface area contributed by atoms with Gasteiger partial charge in [-0.25, -0.2) is 14.4 Å². The van der Waals surface area contributed by atoms with Gasteiger partial charge in [0, 0.05) is 37.6 Å². The SMILES string of the molecule is CCOC(=O)N1CCN(C(=O)COC(=O)C2C(C(=O)OC)=C(C)NC(C)=C2C(=O)OC)CC1. The standard InChI is InChI=1S/C21H29N3O9/c1-6-32-21(29)24-9-7-23(8-10-24)14(25)11-33-20(28)17-15(18(26)30-4)12(2)22-13(3)16(17)19(27)31-5/h17,22H,6-11H2,1-5H3. The summed E-state index contributed by atoms with van der Waals surface area (Å²) < 4.78 is 19.7. The van der Waals surface area contributed by atoms with Crippen molar-refractivity contribution in [2.24, 2.45) is 5.92 Å². The van der Waals surface area contributed by atoms with Crippen molar-refractivity contribution in [2.45, 2.75) is 20.8 Å². The summed E-state index contributed by atoms with van der Waals surface area (Å²) in [5.41, 5.74) is 0.415. The summed E-state index contributed by atoms with van der Waals surface area (Å²) in [5.74, 6) is -4.50. The maximum atomic E-state index is 13.0. The Kier molecular flexibility index (Phi) is 8.83. The number of hydrogen-bond acceptors (Lipinski definition) is 10. The van der Waals surface area contributed by atoms with Crippen LogP contribution in [0.4, 0.5) is 4.79 Å². The summed E-state index contributed by atoms with van der Waals surface area (Å²) in [6.07, 6.45) is -0.447. The third-order valence-electron chi connectivity index (χ3n) is 5.30. The molecule has 0 saturated carbocycles. The molecule has 0 aromatic heterocycles. The number of dihydropyridines is 1. The van der Waals surface area contributed by atoms with Gasteiger partial charge in [-0.05, 0) is 20.8 Å². The van der Waals surface area contributed by atoms with Crippen LogP contribution in [0.1, 0.15) is 20.8 Å². The van der Waals surface area contributed by atoms with Crippen LogP contribution in [-0.4, -0.2) is 93.3 Å². The highest BCUT2D eigenvalue weighted by atomic mass is 16.6. The first-order valence-electron chi connectivity index (χ1n) is 10.4. The van der Waals surface area contributed by atoms with Crippen LogP contribution in [0.15, 0.2) is 22.5 Å². The van der Waals surface area contributed by atoms with E-state index < -0.39 is 42.4 Å². The van der Waals surface area contributed by atoms with Gasteiger partial charge in [-0.2, -0.15) is 0 Å². The molecule has 2 aliphatic rings. The molecule has 2 heterocycles. The van der Waals surface area contributed by atoms with Gasteiger partial charge >= 0.3 is 24.0 Å². The lowest BCUT2D eigenvalue weighted by atomic mass is 9.85. The molecule has 2 rings (SSSR count). The van der Waals surface area contributed by atoms with Crippen LogP contribution < -0.4 is 5.32 Å². The summed E-state index contributed by atoms with van der Waals surface area (Å²) >= 11 is 0. The molecule has 12 heteroatoms. The van der Waals surface area contributed by atoms with E-state index in [1.165, 1.54) is 9.80 Å². The van der Waals surface area contributed by atoms with Gasteiger partial charge in [-0.15, -0.1) is 0 Å². The smallest absolute Gasteiger partial charge is 0.409 e. The van der Waals surface area contributed by atoms with E-state index in [-0.39, 0.29) is 43.9 Å². The average molecular weight is 467 g/mol. The Balaban J connectivity index is 2.10. The van der Waals surface area contributed by atoms with E-state index in [0.717, 1.165) is 14.2 Å². The maximum absolute atomic E-state index is 13.0. The number of piperazine rings is 1. The number of allylic oxidation sites excluding steroid dienone is 2. The molecule has 33 heavy (non-hydrogen) atoms. The highest BCUT2D eigenvalue weighted by Gasteiger charge is 2.42. The third-order valence-corrected chi connectivity index (χ3v) is 5.30. The molecule has 0 bridgehead atoms. The van der Waals surface area contributed by atoms with Crippen molar-refractivity contribution in [3.63, 3.8) is 0 Å². The highest BCUT2D eigenvalue weighted by Crippen LogP contribution is 2.32. The zero-order valence-electron chi connectivity index (χ0n) is 19.4. The Bertz CT molecular complexity index is 847. The van der Waals surface area contributed by atoms with Crippen LogP contribution in [0.25, 0.3) is 0 Å². The van der Waals surface area contributed by atoms with E-state index in [1.807, 2.05) is 0 Å². The first-order chi connectivity index (χ1) is 15.7. The van der Waals surface area contributed by atoms with E-state index in [9.17, 15) is 24.0 Å². The summed E-state index contributed by atoms with van der Waals surface area (Å²) in [5, 5.41) is 2.87. The van der Waals surface area contributed by atoms with Crippen LogP contribution in [0.3, 0.4) is 0 Å². The van der Waals surface area contributed by atoms with Crippen molar-refractivity contribution in [2.75, 3.05) is 53.6 Å². The first kappa shape index (κ1) is 25.7. The lowest BCUT2D eigenvalue weighted by molar-refractivity contribution is -0.156. The van der Waals surface area contributed by atoms with Crippen molar-refractivity contribution >= 4 is 29.9 Å². The zero-order valence-corrected chi connectivity index (χ0v) is 19.4. The van der Waals surface area contributed by atoms with Gasteiger partial charge in [-0.1, -0.05) is 0 Å². The first-order valence-corrected chi connectivity index (χ1v) is 10.4. The van der Waals surface area contributed by atoms with E-state index in [4.69, 9.17) is 18.9 Å². The van der Waals surface area contributed by atoms with Crippen molar-refractivity contribution in [1.29, 1.82) is 0 Å². The quantitative estimate of drug-likeness (QED) is 0.417. The van der Waals surface area contributed by atoms with Gasteiger partial charge in [0.05, 0.1) is 32.0 Å². The second-order valence-electron chi connectivity index (χ2n) is 7.29. The van der Waals surface area contributed by atoms with Gasteiger partial charge in [0.15, 0.2) is 6.61 Å².